The second-order valence-electron chi connectivity index (χ2n) is 11.7. The minimum Gasteiger partial charge on any atom is -0.493 e. The maximum atomic E-state index is 6.19. The summed E-state index contributed by atoms with van der Waals surface area (Å²) >= 11 is 0. The van der Waals surface area contributed by atoms with Gasteiger partial charge < -0.3 is 34.2 Å². The lowest BCUT2D eigenvalue weighted by Crippen LogP contribution is -2.47. The predicted molar refractivity (Wildman–Crippen MR) is 170 cm³/mol. The number of nitrogens with one attached hydrogen (secondary N) is 1. The summed E-state index contributed by atoms with van der Waals surface area (Å²) in [5.41, 5.74) is 1.85. The number of methoxy groups -OCH3 is 1. The summed E-state index contributed by atoms with van der Waals surface area (Å²) < 4.78 is 17.7. The van der Waals surface area contributed by atoms with E-state index in [9.17, 15) is 0 Å². The number of piperazine rings is 1. The van der Waals surface area contributed by atoms with Crippen molar-refractivity contribution in [2.24, 2.45) is 5.92 Å². The standard InChI is InChI=1S/C33H46N6O3/c1-24(2)42-28-9-7-27(8-10-28)36-26(4)38-16-18-39(19-17-38)33-29-21-31(40-5)32(22-30(29)34-23-35-33)41-20-6-13-37-14-11-25(3)12-15-37/h7-10,21-25,36H,4,6,11-20H2,1-3,5H3. The van der Waals surface area contributed by atoms with E-state index in [0.717, 1.165) is 84.8 Å². The number of rotatable bonds is 12. The minimum absolute atomic E-state index is 0.155. The third-order valence-electron chi connectivity index (χ3n) is 8.13. The molecule has 226 valence electrons. The Morgan fingerprint density at radius 1 is 1.00 bits per heavy atom. The van der Waals surface area contributed by atoms with E-state index in [1.807, 2.05) is 50.2 Å². The molecule has 0 unspecified atom stereocenters. The fraction of sp³-hybridized carbons (Fsp3) is 0.515. The molecule has 2 aromatic carbocycles. The van der Waals surface area contributed by atoms with Crippen LogP contribution in [0.25, 0.3) is 10.9 Å². The zero-order chi connectivity index (χ0) is 29.5. The molecule has 0 amide bonds. The van der Waals surface area contributed by atoms with E-state index < -0.39 is 0 Å². The van der Waals surface area contributed by atoms with Crippen molar-refractivity contribution in [3.63, 3.8) is 0 Å². The van der Waals surface area contributed by atoms with Gasteiger partial charge in [0.25, 0.3) is 0 Å². The quantitative estimate of drug-likeness (QED) is 0.277. The first-order chi connectivity index (χ1) is 20.4. The highest BCUT2D eigenvalue weighted by Crippen LogP contribution is 2.35. The van der Waals surface area contributed by atoms with Gasteiger partial charge in [0, 0.05) is 49.9 Å². The molecular formula is C33H46N6O3. The molecular weight excluding hydrogens is 528 g/mol. The number of hydrogen-bond acceptors (Lipinski definition) is 9. The number of ether oxygens (including phenoxy) is 3. The van der Waals surface area contributed by atoms with Crippen LogP contribution < -0.4 is 24.4 Å². The van der Waals surface area contributed by atoms with Gasteiger partial charge >= 0.3 is 0 Å². The van der Waals surface area contributed by atoms with Crippen LogP contribution >= 0.6 is 0 Å². The van der Waals surface area contributed by atoms with Gasteiger partial charge in [-0.25, -0.2) is 9.97 Å². The van der Waals surface area contributed by atoms with Crippen molar-refractivity contribution in [3.8, 4) is 17.2 Å². The van der Waals surface area contributed by atoms with Gasteiger partial charge in [-0.05, 0) is 82.4 Å². The van der Waals surface area contributed by atoms with Crippen LogP contribution in [-0.4, -0.2) is 85.4 Å². The van der Waals surface area contributed by atoms with E-state index in [-0.39, 0.29) is 6.10 Å². The highest BCUT2D eigenvalue weighted by molar-refractivity contribution is 5.92. The van der Waals surface area contributed by atoms with Crippen LogP contribution in [-0.2, 0) is 0 Å². The van der Waals surface area contributed by atoms with E-state index in [1.54, 1.807) is 13.4 Å². The van der Waals surface area contributed by atoms with Crippen LogP contribution in [0.1, 0.15) is 40.0 Å². The van der Waals surface area contributed by atoms with Crippen LogP contribution in [0.2, 0.25) is 0 Å². The Kier molecular flexibility index (Phi) is 9.89. The monoisotopic (exact) mass is 574 g/mol. The van der Waals surface area contributed by atoms with Gasteiger partial charge in [0.15, 0.2) is 11.5 Å². The average Bonchev–Trinajstić information content (AvgIpc) is 3.00. The number of piperidine rings is 1. The number of nitrogens with zero attached hydrogens (tertiary/aromatic N) is 5. The maximum Gasteiger partial charge on any atom is 0.163 e. The van der Waals surface area contributed by atoms with Crippen molar-refractivity contribution >= 4 is 22.4 Å². The largest absolute Gasteiger partial charge is 0.493 e. The van der Waals surface area contributed by atoms with Crippen molar-refractivity contribution < 1.29 is 14.2 Å². The molecule has 5 rings (SSSR count). The predicted octanol–water partition coefficient (Wildman–Crippen LogP) is 5.63. The molecule has 2 aliphatic rings. The molecule has 2 fully saturated rings. The van der Waals surface area contributed by atoms with Gasteiger partial charge in [-0.1, -0.05) is 13.5 Å². The van der Waals surface area contributed by atoms with Crippen LogP contribution in [0.3, 0.4) is 0 Å². The summed E-state index contributed by atoms with van der Waals surface area (Å²) in [6.07, 6.45) is 5.39. The van der Waals surface area contributed by atoms with Crippen molar-refractivity contribution in [2.45, 2.75) is 46.1 Å². The van der Waals surface area contributed by atoms with Gasteiger partial charge in [0.2, 0.25) is 0 Å². The van der Waals surface area contributed by atoms with Gasteiger partial charge in [-0.2, -0.15) is 0 Å². The zero-order valence-corrected chi connectivity index (χ0v) is 25.6. The topological polar surface area (TPSA) is 75.2 Å². The van der Waals surface area contributed by atoms with Crippen LogP contribution in [0, 0.1) is 5.92 Å². The third-order valence-corrected chi connectivity index (χ3v) is 8.13. The Bertz CT molecular complexity index is 1320. The first-order valence-corrected chi connectivity index (χ1v) is 15.3. The van der Waals surface area contributed by atoms with Crippen molar-refractivity contribution in [2.75, 3.05) is 69.7 Å². The molecule has 2 saturated heterocycles. The summed E-state index contributed by atoms with van der Waals surface area (Å²) in [6.45, 7) is 18.1. The van der Waals surface area contributed by atoms with Crippen molar-refractivity contribution in [1.82, 2.24) is 19.8 Å². The van der Waals surface area contributed by atoms with Crippen molar-refractivity contribution in [3.05, 3.63) is 55.1 Å². The van der Waals surface area contributed by atoms with E-state index in [2.05, 4.69) is 43.5 Å². The number of hydrogen-bond donors (Lipinski definition) is 1. The molecule has 3 heterocycles. The normalized spacial score (nSPS) is 16.6. The molecule has 9 nitrogen and oxygen atoms in total. The molecule has 9 heteroatoms. The highest BCUT2D eigenvalue weighted by Gasteiger charge is 2.22. The Hall–Kier alpha value is -3.72. The number of anilines is 2. The lowest BCUT2D eigenvalue weighted by molar-refractivity contribution is 0.176. The Morgan fingerprint density at radius 3 is 2.43 bits per heavy atom. The van der Waals surface area contributed by atoms with Gasteiger partial charge in [0.1, 0.15) is 17.9 Å². The summed E-state index contributed by atoms with van der Waals surface area (Å²) in [4.78, 5) is 16.4. The Labute approximate surface area is 250 Å². The number of aromatic nitrogens is 2. The maximum absolute atomic E-state index is 6.19. The van der Waals surface area contributed by atoms with E-state index >= 15 is 0 Å². The number of fused-ring (bicyclic) bond motifs is 1. The van der Waals surface area contributed by atoms with E-state index in [4.69, 9.17) is 14.2 Å². The molecule has 42 heavy (non-hydrogen) atoms. The zero-order valence-electron chi connectivity index (χ0n) is 25.6. The lowest BCUT2D eigenvalue weighted by atomic mass is 9.99. The lowest BCUT2D eigenvalue weighted by Gasteiger charge is -2.38. The Morgan fingerprint density at radius 2 is 1.74 bits per heavy atom. The molecule has 0 aliphatic carbocycles. The highest BCUT2D eigenvalue weighted by atomic mass is 16.5. The van der Waals surface area contributed by atoms with E-state index in [0.29, 0.717) is 12.4 Å². The summed E-state index contributed by atoms with van der Waals surface area (Å²) in [7, 11) is 1.69. The molecule has 0 spiro atoms. The molecule has 0 atom stereocenters. The smallest absolute Gasteiger partial charge is 0.163 e. The van der Waals surface area contributed by atoms with Crippen LogP contribution in [0.15, 0.2) is 55.1 Å². The molecule has 2 aliphatic heterocycles. The van der Waals surface area contributed by atoms with Crippen LogP contribution in [0.5, 0.6) is 17.2 Å². The summed E-state index contributed by atoms with van der Waals surface area (Å²) in [6, 6.07) is 12.0. The number of benzene rings is 2. The summed E-state index contributed by atoms with van der Waals surface area (Å²) in [5.74, 6) is 4.97. The fourth-order valence-electron chi connectivity index (χ4n) is 5.65. The molecule has 0 saturated carbocycles. The second-order valence-corrected chi connectivity index (χ2v) is 11.7. The molecule has 0 bridgehead atoms. The third kappa shape index (κ3) is 7.56. The molecule has 3 aromatic rings. The van der Waals surface area contributed by atoms with E-state index in [1.165, 1.54) is 25.9 Å². The van der Waals surface area contributed by atoms with Gasteiger partial charge in [-0.3, -0.25) is 0 Å². The first kappa shape index (κ1) is 29.8. The number of likely N-dealkylation sites (tertiary alicyclic amines) is 1. The minimum atomic E-state index is 0.155. The summed E-state index contributed by atoms with van der Waals surface area (Å²) in [5, 5.41) is 4.41. The molecule has 1 N–H and O–H groups in total. The molecule has 0 radical (unpaired) electrons. The second kappa shape index (κ2) is 14.0. The van der Waals surface area contributed by atoms with Crippen molar-refractivity contribution in [1.29, 1.82) is 0 Å². The Balaban J connectivity index is 1.17. The van der Waals surface area contributed by atoms with Gasteiger partial charge in [0.05, 0.1) is 31.2 Å². The SMILES string of the molecule is C=C(Nc1ccc(OC(C)C)cc1)N1CCN(c2ncnc3cc(OCCCN4CCC(C)CC4)c(OC)cc23)CC1. The van der Waals surface area contributed by atoms with Crippen LogP contribution in [0.4, 0.5) is 11.5 Å². The first-order valence-electron chi connectivity index (χ1n) is 15.3. The average molecular weight is 575 g/mol. The van der Waals surface area contributed by atoms with Gasteiger partial charge in [-0.15, -0.1) is 0 Å². The molecule has 1 aromatic heterocycles. The fourth-order valence-corrected chi connectivity index (χ4v) is 5.65.